The highest BCUT2D eigenvalue weighted by atomic mass is 32.2. The lowest BCUT2D eigenvalue weighted by Gasteiger charge is -2.22. The first kappa shape index (κ1) is 15.1. The SMILES string of the molecule is CCOC(=O)C(C)(N)CSc1cc(C)ccc1C. The summed E-state index contributed by atoms with van der Waals surface area (Å²) in [5.41, 5.74) is 7.45. The Morgan fingerprint density at radius 1 is 1.44 bits per heavy atom. The molecule has 2 N–H and O–H groups in total. The Labute approximate surface area is 113 Å². The number of rotatable bonds is 5. The summed E-state index contributed by atoms with van der Waals surface area (Å²) < 4.78 is 4.97. The summed E-state index contributed by atoms with van der Waals surface area (Å²) in [6, 6.07) is 6.27. The molecule has 0 saturated heterocycles. The van der Waals surface area contributed by atoms with Gasteiger partial charge in [-0.15, -0.1) is 11.8 Å². The Hall–Kier alpha value is -1.00. The van der Waals surface area contributed by atoms with Gasteiger partial charge in [0, 0.05) is 10.6 Å². The number of nitrogens with two attached hydrogens (primary N) is 1. The van der Waals surface area contributed by atoms with Crippen molar-refractivity contribution >= 4 is 17.7 Å². The first-order valence-electron chi connectivity index (χ1n) is 6.03. The number of benzene rings is 1. The molecule has 0 radical (unpaired) electrons. The van der Waals surface area contributed by atoms with E-state index in [1.165, 1.54) is 11.1 Å². The molecule has 0 fully saturated rings. The van der Waals surface area contributed by atoms with Gasteiger partial charge in [0.2, 0.25) is 0 Å². The molecular formula is C14H21NO2S. The molecule has 0 amide bonds. The van der Waals surface area contributed by atoms with E-state index in [1.54, 1.807) is 25.6 Å². The van der Waals surface area contributed by atoms with Crippen molar-refractivity contribution in [3.8, 4) is 0 Å². The fourth-order valence-electron chi connectivity index (χ4n) is 1.45. The third-order valence-electron chi connectivity index (χ3n) is 2.61. The Morgan fingerprint density at radius 2 is 2.11 bits per heavy atom. The average Bonchev–Trinajstić information content (AvgIpc) is 2.31. The molecule has 1 rings (SSSR count). The minimum absolute atomic E-state index is 0.345. The summed E-state index contributed by atoms with van der Waals surface area (Å²) in [4.78, 5) is 12.8. The molecule has 0 spiro atoms. The number of hydrogen-bond acceptors (Lipinski definition) is 4. The van der Waals surface area contributed by atoms with Crippen LogP contribution in [0.25, 0.3) is 0 Å². The molecule has 0 aromatic heterocycles. The molecule has 1 aromatic rings. The van der Waals surface area contributed by atoms with Gasteiger partial charge in [-0.1, -0.05) is 17.7 Å². The summed E-state index contributed by atoms with van der Waals surface area (Å²) in [7, 11) is 0. The van der Waals surface area contributed by atoms with Crippen LogP contribution in [0.15, 0.2) is 23.1 Å². The molecule has 0 aliphatic heterocycles. The maximum absolute atomic E-state index is 11.7. The standard InChI is InChI=1S/C14H21NO2S/c1-5-17-13(16)14(4,15)9-18-12-8-10(2)6-7-11(12)3/h6-8H,5,9,15H2,1-4H3. The van der Waals surface area contributed by atoms with Gasteiger partial charge in [0.1, 0.15) is 5.54 Å². The van der Waals surface area contributed by atoms with Crippen LogP contribution in [0.2, 0.25) is 0 Å². The van der Waals surface area contributed by atoms with Crippen molar-refractivity contribution in [2.75, 3.05) is 12.4 Å². The zero-order valence-corrected chi connectivity index (χ0v) is 12.3. The number of ether oxygens (including phenoxy) is 1. The fourth-order valence-corrected chi connectivity index (χ4v) is 2.58. The lowest BCUT2D eigenvalue weighted by Crippen LogP contribution is -2.48. The maximum Gasteiger partial charge on any atom is 0.326 e. The molecule has 0 aliphatic carbocycles. The van der Waals surface area contributed by atoms with E-state index in [0.717, 1.165) is 4.90 Å². The number of carbonyl (C=O) groups is 1. The number of esters is 1. The third kappa shape index (κ3) is 4.03. The Bertz CT molecular complexity index is 430. The predicted octanol–water partition coefficient (Wildman–Crippen LogP) is 2.68. The van der Waals surface area contributed by atoms with E-state index in [9.17, 15) is 4.79 Å². The van der Waals surface area contributed by atoms with Crippen LogP contribution in [0.1, 0.15) is 25.0 Å². The van der Waals surface area contributed by atoms with Gasteiger partial charge in [0.15, 0.2) is 0 Å². The molecule has 4 heteroatoms. The third-order valence-corrected chi connectivity index (χ3v) is 4.11. The van der Waals surface area contributed by atoms with Gasteiger partial charge < -0.3 is 10.5 Å². The van der Waals surface area contributed by atoms with Gasteiger partial charge in [0.25, 0.3) is 0 Å². The van der Waals surface area contributed by atoms with Crippen molar-refractivity contribution in [3.63, 3.8) is 0 Å². The molecule has 18 heavy (non-hydrogen) atoms. The van der Waals surface area contributed by atoms with Gasteiger partial charge in [-0.05, 0) is 39.3 Å². The highest BCUT2D eigenvalue weighted by molar-refractivity contribution is 7.99. The van der Waals surface area contributed by atoms with Gasteiger partial charge in [-0.3, -0.25) is 4.79 Å². The number of carbonyl (C=O) groups excluding carboxylic acids is 1. The van der Waals surface area contributed by atoms with E-state index in [0.29, 0.717) is 12.4 Å². The molecular weight excluding hydrogens is 246 g/mol. The number of hydrogen-bond donors (Lipinski definition) is 1. The second kappa shape index (κ2) is 6.25. The first-order chi connectivity index (χ1) is 8.36. The predicted molar refractivity (Wildman–Crippen MR) is 75.9 cm³/mol. The summed E-state index contributed by atoms with van der Waals surface area (Å²) in [5, 5.41) is 0. The van der Waals surface area contributed by atoms with Gasteiger partial charge >= 0.3 is 5.97 Å². The lowest BCUT2D eigenvalue weighted by molar-refractivity contribution is -0.148. The van der Waals surface area contributed by atoms with Crippen LogP contribution in [0.4, 0.5) is 0 Å². The van der Waals surface area contributed by atoms with Crippen molar-refractivity contribution in [2.45, 2.75) is 38.1 Å². The van der Waals surface area contributed by atoms with E-state index in [4.69, 9.17) is 10.5 Å². The van der Waals surface area contributed by atoms with E-state index in [2.05, 4.69) is 32.0 Å². The summed E-state index contributed by atoms with van der Waals surface area (Å²) in [6.07, 6.45) is 0. The van der Waals surface area contributed by atoms with Crippen molar-refractivity contribution in [1.29, 1.82) is 0 Å². The van der Waals surface area contributed by atoms with Gasteiger partial charge in [0.05, 0.1) is 6.61 Å². The van der Waals surface area contributed by atoms with Crippen LogP contribution in [-0.4, -0.2) is 23.9 Å². The van der Waals surface area contributed by atoms with Crippen LogP contribution < -0.4 is 5.73 Å². The van der Waals surface area contributed by atoms with Gasteiger partial charge in [-0.2, -0.15) is 0 Å². The largest absolute Gasteiger partial charge is 0.465 e. The molecule has 0 heterocycles. The zero-order valence-electron chi connectivity index (χ0n) is 11.4. The van der Waals surface area contributed by atoms with Crippen LogP contribution >= 0.6 is 11.8 Å². The fraction of sp³-hybridized carbons (Fsp3) is 0.500. The van der Waals surface area contributed by atoms with Crippen LogP contribution in [0.5, 0.6) is 0 Å². The molecule has 1 unspecified atom stereocenters. The molecule has 1 aromatic carbocycles. The highest BCUT2D eigenvalue weighted by Crippen LogP contribution is 2.26. The first-order valence-corrected chi connectivity index (χ1v) is 7.01. The number of thioether (sulfide) groups is 1. The monoisotopic (exact) mass is 267 g/mol. The molecule has 3 nitrogen and oxygen atoms in total. The lowest BCUT2D eigenvalue weighted by atomic mass is 10.1. The minimum atomic E-state index is -0.948. The average molecular weight is 267 g/mol. The topological polar surface area (TPSA) is 52.3 Å². The Morgan fingerprint density at radius 3 is 2.72 bits per heavy atom. The van der Waals surface area contributed by atoms with Crippen molar-refractivity contribution < 1.29 is 9.53 Å². The van der Waals surface area contributed by atoms with Crippen LogP contribution in [0, 0.1) is 13.8 Å². The molecule has 0 aliphatic rings. The molecule has 100 valence electrons. The zero-order chi connectivity index (χ0) is 13.8. The van der Waals surface area contributed by atoms with E-state index in [1.807, 2.05) is 0 Å². The van der Waals surface area contributed by atoms with Crippen LogP contribution in [0.3, 0.4) is 0 Å². The minimum Gasteiger partial charge on any atom is -0.465 e. The second-order valence-corrected chi connectivity index (χ2v) is 5.71. The van der Waals surface area contributed by atoms with E-state index < -0.39 is 5.54 Å². The molecule has 1 atom stereocenters. The normalized spacial score (nSPS) is 14.1. The Kier molecular flexibility index (Phi) is 5.23. The Balaban J connectivity index is 2.69. The van der Waals surface area contributed by atoms with Crippen molar-refractivity contribution in [3.05, 3.63) is 29.3 Å². The van der Waals surface area contributed by atoms with E-state index in [-0.39, 0.29) is 5.97 Å². The highest BCUT2D eigenvalue weighted by Gasteiger charge is 2.30. The quantitative estimate of drug-likeness (QED) is 0.658. The van der Waals surface area contributed by atoms with Crippen molar-refractivity contribution in [2.24, 2.45) is 5.73 Å². The van der Waals surface area contributed by atoms with Crippen molar-refractivity contribution in [1.82, 2.24) is 0 Å². The van der Waals surface area contributed by atoms with Crippen LogP contribution in [-0.2, 0) is 9.53 Å². The summed E-state index contributed by atoms with van der Waals surface area (Å²) in [6.45, 7) is 7.96. The second-order valence-electron chi connectivity index (χ2n) is 4.70. The summed E-state index contributed by atoms with van der Waals surface area (Å²) >= 11 is 1.60. The van der Waals surface area contributed by atoms with E-state index >= 15 is 0 Å². The number of aryl methyl sites for hydroxylation is 2. The molecule has 0 bridgehead atoms. The summed E-state index contributed by atoms with van der Waals surface area (Å²) in [5.74, 6) is 0.165. The molecule has 0 saturated carbocycles. The maximum atomic E-state index is 11.7. The smallest absolute Gasteiger partial charge is 0.326 e. The van der Waals surface area contributed by atoms with Gasteiger partial charge in [-0.25, -0.2) is 0 Å².